The number of aromatic amines is 1. The standard InChI is InChI=1S/C25H26N2O2/c1-25(9-10-25)22-13-16(18-4-3-11-27-24(18)28)12-21(23(22)29-2)20-14-19(20)15-5-7-17(26)8-6-15/h3-8,11-13,19-20H,9-10,14,26H2,1-2H3,(H,27,28). The van der Waals surface area contributed by atoms with Gasteiger partial charge >= 0.3 is 0 Å². The van der Waals surface area contributed by atoms with E-state index in [2.05, 4.69) is 36.2 Å². The first-order valence-corrected chi connectivity index (χ1v) is 10.3. The second-order valence-corrected chi connectivity index (χ2v) is 8.74. The van der Waals surface area contributed by atoms with Gasteiger partial charge in [-0.2, -0.15) is 0 Å². The van der Waals surface area contributed by atoms with Crippen LogP contribution in [0.25, 0.3) is 11.1 Å². The van der Waals surface area contributed by atoms with Gasteiger partial charge in [0.25, 0.3) is 5.56 Å². The van der Waals surface area contributed by atoms with Crippen molar-refractivity contribution in [1.29, 1.82) is 0 Å². The maximum absolute atomic E-state index is 12.5. The monoisotopic (exact) mass is 386 g/mol. The third kappa shape index (κ3) is 3.13. The first kappa shape index (κ1) is 18.0. The van der Waals surface area contributed by atoms with Crippen LogP contribution in [0.5, 0.6) is 5.75 Å². The van der Waals surface area contributed by atoms with Crippen molar-refractivity contribution >= 4 is 5.69 Å². The summed E-state index contributed by atoms with van der Waals surface area (Å²) in [7, 11) is 1.77. The molecule has 4 nitrogen and oxygen atoms in total. The highest BCUT2D eigenvalue weighted by atomic mass is 16.5. The quantitative estimate of drug-likeness (QED) is 0.609. The maximum Gasteiger partial charge on any atom is 0.255 e. The summed E-state index contributed by atoms with van der Waals surface area (Å²) < 4.78 is 5.96. The minimum atomic E-state index is -0.0543. The van der Waals surface area contributed by atoms with Gasteiger partial charge in [-0.05, 0) is 89.6 Å². The Labute approximate surface area is 170 Å². The molecule has 0 spiro atoms. The molecule has 0 amide bonds. The number of rotatable bonds is 5. The molecule has 1 aromatic heterocycles. The SMILES string of the molecule is COc1c(C2CC2c2ccc(N)cc2)cc(-c2ccc[nH]c2=O)cc1C1(C)CC1. The Hall–Kier alpha value is -3.01. The average Bonchev–Trinajstić information content (AvgIpc) is 3.65. The summed E-state index contributed by atoms with van der Waals surface area (Å²) in [5, 5.41) is 0. The highest BCUT2D eigenvalue weighted by Gasteiger charge is 2.46. The molecule has 2 unspecified atom stereocenters. The number of pyridine rings is 1. The van der Waals surface area contributed by atoms with Crippen LogP contribution in [0.15, 0.2) is 59.5 Å². The second-order valence-electron chi connectivity index (χ2n) is 8.74. The number of aromatic nitrogens is 1. The van der Waals surface area contributed by atoms with Crippen molar-refractivity contribution in [2.24, 2.45) is 0 Å². The van der Waals surface area contributed by atoms with Crippen molar-refractivity contribution in [3.63, 3.8) is 0 Å². The maximum atomic E-state index is 12.5. The van der Waals surface area contributed by atoms with Gasteiger partial charge in [-0.25, -0.2) is 0 Å². The van der Waals surface area contributed by atoms with Gasteiger partial charge in [-0.3, -0.25) is 4.79 Å². The van der Waals surface area contributed by atoms with Crippen LogP contribution in [0.3, 0.4) is 0 Å². The minimum Gasteiger partial charge on any atom is -0.496 e. The normalized spacial score (nSPS) is 21.6. The Morgan fingerprint density at radius 3 is 2.52 bits per heavy atom. The molecular weight excluding hydrogens is 360 g/mol. The average molecular weight is 386 g/mol. The van der Waals surface area contributed by atoms with Crippen molar-refractivity contribution < 1.29 is 4.74 Å². The fourth-order valence-corrected chi connectivity index (χ4v) is 4.51. The largest absolute Gasteiger partial charge is 0.496 e. The van der Waals surface area contributed by atoms with E-state index in [1.54, 1.807) is 13.3 Å². The zero-order valence-electron chi connectivity index (χ0n) is 16.9. The van der Waals surface area contributed by atoms with Crippen molar-refractivity contribution in [3.8, 4) is 16.9 Å². The molecule has 3 N–H and O–H groups in total. The summed E-state index contributed by atoms with van der Waals surface area (Å²) in [6, 6.07) is 16.3. The Morgan fingerprint density at radius 2 is 1.86 bits per heavy atom. The van der Waals surface area contributed by atoms with Gasteiger partial charge in [-0.15, -0.1) is 0 Å². The molecule has 2 saturated carbocycles. The predicted molar refractivity (Wildman–Crippen MR) is 117 cm³/mol. The molecule has 2 aromatic carbocycles. The van der Waals surface area contributed by atoms with E-state index < -0.39 is 0 Å². The predicted octanol–water partition coefficient (Wildman–Crippen LogP) is 4.96. The van der Waals surface area contributed by atoms with Gasteiger partial charge in [0.15, 0.2) is 0 Å². The van der Waals surface area contributed by atoms with Crippen molar-refractivity contribution in [2.45, 2.75) is 43.4 Å². The summed E-state index contributed by atoms with van der Waals surface area (Å²) >= 11 is 0. The Morgan fingerprint density at radius 1 is 1.10 bits per heavy atom. The zero-order chi connectivity index (χ0) is 20.2. The Kier molecular flexibility index (Phi) is 4.05. The van der Waals surface area contributed by atoms with Crippen molar-refractivity contribution in [2.75, 3.05) is 12.8 Å². The molecule has 4 heteroatoms. The van der Waals surface area contributed by atoms with Crippen LogP contribution in [-0.4, -0.2) is 12.1 Å². The molecular formula is C25H26N2O2. The van der Waals surface area contributed by atoms with Crippen molar-refractivity contribution in [1.82, 2.24) is 4.98 Å². The lowest BCUT2D eigenvalue weighted by Crippen LogP contribution is -2.10. The topological polar surface area (TPSA) is 68.1 Å². The number of hydrogen-bond acceptors (Lipinski definition) is 3. The summed E-state index contributed by atoms with van der Waals surface area (Å²) in [6.07, 6.45) is 5.08. The number of nitrogens with two attached hydrogens (primary N) is 1. The van der Waals surface area contributed by atoms with Crippen LogP contribution in [-0.2, 0) is 5.41 Å². The van der Waals surface area contributed by atoms with E-state index in [-0.39, 0.29) is 11.0 Å². The van der Waals surface area contributed by atoms with E-state index in [9.17, 15) is 4.79 Å². The highest BCUT2D eigenvalue weighted by molar-refractivity contribution is 5.69. The molecule has 0 saturated heterocycles. The first-order chi connectivity index (χ1) is 14.0. The molecule has 3 aromatic rings. The molecule has 0 radical (unpaired) electrons. The number of benzene rings is 2. The third-order valence-corrected chi connectivity index (χ3v) is 6.66. The highest BCUT2D eigenvalue weighted by Crippen LogP contribution is 2.60. The number of H-pyrrole nitrogens is 1. The lowest BCUT2D eigenvalue weighted by molar-refractivity contribution is 0.400. The summed E-state index contributed by atoms with van der Waals surface area (Å²) in [5.74, 6) is 1.87. The van der Waals surface area contributed by atoms with Crippen LogP contribution in [0.4, 0.5) is 5.69 Å². The van der Waals surface area contributed by atoms with Crippen LogP contribution < -0.4 is 16.0 Å². The van der Waals surface area contributed by atoms with Gasteiger partial charge in [0.2, 0.25) is 0 Å². The number of nitrogen functional groups attached to an aromatic ring is 1. The van der Waals surface area contributed by atoms with E-state index >= 15 is 0 Å². The van der Waals surface area contributed by atoms with Crippen LogP contribution in [0.1, 0.15) is 54.7 Å². The van der Waals surface area contributed by atoms with Gasteiger partial charge < -0.3 is 15.5 Å². The van der Waals surface area contributed by atoms with Crippen molar-refractivity contribution in [3.05, 3.63) is 81.8 Å². The molecule has 2 atom stereocenters. The smallest absolute Gasteiger partial charge is 0.255 e. The van der Waals surface area contributed by atoms with E-state index in [4.69, 9.17) is 10.5 Å². The number of anilines is 1. The van der Waals surface area contributed by atoms with E-state index in [0.29, 0.717) is 17.4 Å². The number of methoxy groups -OCH3 is 1. The lowest BCUT2D eigenvalue weighted by Gasteiger charge is -2.20. The van der Waals surface area contributed by atoms with Gasteiger partial charge in [0.05, 0.1) is 7.11 Å². The molecule has 1 heterocycles. The molecule has 2 aliphatic carbocycles. The molecule has 29 heavy (non-hydrogen) atoms. The van der Waals surface area contributed by atoms with Gasteiger partial charge in [-0.1, -0.05) is 19.1 Å². The molecule has 2 aliphatic rings. The Bertz CT molecular complexity index is 1130. The van der Waals surface area contributed by atoms with E-state index in [1.807, 2.05) is 24.3 Å². The first-order valence-electron chi connectivity index (χ1n) is 10.3. The summed E-state index contributed by atoms with van der Waals surface area (Å²) in [4.78, 5) is 15.3. The van der Waals surface area contributed by atoms with Crippen LogP contribution in [0.2, 0.25) is 0 Å². The zero-order valence-corrected chi connectivity index (χ0v) is 16.9. The lowest BCUT2D eigenvalue weighted by atomic mass is 9.88. The van der Waals surface area contributed by atoms with Gasteiger partial charge in [0.1, 0.15) is 5.75 Å². The van der Waals surface area contributed by atoms with Gasteiger partial charge in [0, 0.05) is 23.0 Å². The number of ether oxygens (including phenoxy) is 1. The molecule has 5 rings (SSSR count). The summed E-state index contributed by atoms with van der Waals surface area (Å²) in [5.41, 5.74) is 12.2. The van der Waals surface area contributed by atoms with E-state index in [0.717, 1.165) is 36.3 Å². The fourth-order valence-electron chi connectivity index (χ4n) is 4.51. The van der Waals surface area contributed by atoms with Crippen LogP contribution in [0, 0.1) is 0 Å². The number of hydrogen-bond donors (Lipinski definition) is 2. The minimum absolute atomic E-state index is 0.0543. The van der Waals surface area contributed by atoms with Crippen LogP contribution >= 0.6 is 0 Å². The third-order valence-electron chi connectivity index (χ3n) is 6.66. The Balaban J connectivity index is 1.63. The molecule has 0 aliphatic heterocycles. The number of nitrogens with one attached hydrogen (secondary N) is 1. The second kappa shape index (κ2) is 6.51. The molecule has 0 bridgehead atoms. The molecule has 148 valence electrons. The fraction of sp³-hybridized carbons (Fsp3) is 0.320. The molecule has 2 fully saturated rings. The van der Waals surface area contributed by atoms with E-state index in [1.165, 1.54) is 16.7 Å². The summed E-state index contributed by atoms with van der Waals surface area (Å²) in [6.45, 7) is 2.29.